The maximum atomic E-state index is 14.4. The molecule has 1 amide bonds. The molecule has 0 atom stereocenters. The lowest BCUT2D eigenvalue weighted by atomic mass is 10.1. The molecule has 4 aromatic rings. The molecule has 0 saturated heterocycles. The molecule has 0 fully saturated rings. The number of nitrogen functional groups attached to an aromatic ring is 2. The number of aromatic nitrogens is 2. The third-order valence-electron chi connectivity index (χ3n) is 4.57. The highest BCUT2D eigenvalue weighted by molar-refractivity contribution is 6.05. The number of nitrogens with one attached hydrogen (secondary N) is 2. The highest BCUT2D eigenvalue weighted by Gasteiger charge is 2.15. The SMILES string of the molecule is NNc1ccc(-c2ccc(F)c(C(=O)Nc3ccc(Oc4cccnc4)cc3)c2)nc1N. The molecule has 0 unspecified atom stereocenters. The van der Waals surface area contributed by atoms with E-state index in [4.69, 9.17) is 16.3 Å². The van der Waals surface area contributed by atoms with Crippen molar-refractivity contribution in [2.45, 2.75) is 0 Å². The zero-order valence-electron chi connectivity index (χ0n) is 16.7. The van der Waals surface area contributed by atoms with Gasteiger partial charge in [-0.05, 0) is 66.7 Å². The van der Waals surface area contributed by atoms with Crippen LogP contribution in [0.3, 0.4) is 0 Å². The number of hydrazine groups is 1. The Morgan fingerprint density at radius 3 is 2.50 bits per heavy atom. The summed E-state index contributed by atoms with van der Waals surface area (Å²) in [4.78, 5) is 20.9. The monoisotopic (exact) mass is 430 g/mol. The first-order valence-corrected chi connectivity index (χ1v) is 9.56. The summed E-state index contributed by atoms with van der Waals surface area (Å²) in [5.41, 5.74) is 10.1. The highest BCUT2D eigenvalue weighted by Crippen LogP contribution is 2.26. The van der Waals surface area contributed by atoms with E-state index in [1.54, 1.807) is 60.9 Å². The molecule has 6 N–H and O–H groups in total. The van der Waals surface area contributed by atoms with Gasteiger partial charge in [0.2, 0.25) is 0 Å². The number of nitrogens with two attached hydrogens (primary N) is 2. The van der Waals surface area contributed by atoms with Crippen molar-refractivity contribution in [1.29, 1.82) is 0 Å². The minimum absolute atomic E-state index is 0.125. The van der Waals surface area contributed by atoms with Gasteiger partial charge in [0.25, 0.3) is 5.91 Å². The molecule has 0 saturated carbocycles. The number of amides is 1. The number of anilines is 3. The molecule has 4 rings (SSSR count). The number of nitrogens with zero attached hydrogens (tertiary/aromatic N) is 2. The van der Waals surface area contributed by atoms with E-state index in [1.807, 2.05) is 0 Å². The van der Waals surface area contributed by atoms with E-state index < -0.39 is 11.7 Å². The second-order valence-corrected chi connectivity index (χ2v) is 6.74. The van der Waals surface area contributed by atoms with Gasteiger partial charge in [0.1, 0.15) is 23.1 Å². The van der Waals surface area contributed by atoms with Gasteiger partial charge in [0, 0.05) is 17.4 Å². The number of carbonyl (C=O) groups is 1. The van der Waals surface area contributed by atoms with Crippen LogP contribution in [0.1, 0.15) is 10.4 Å². The number of halogens is 1. The summed E-state index contributed by atoms with van der Waals surface area (Å²) in [6.07, 6.45) is 3.24. The first-order valence-electron chi connectivity index (χ1n) is 9.56. The van der Waals surface area contributed by atoms with E-state index >= 15 is 0 Å². The number of benzene rings is 2. The molecule has 2 aromatic heterocycles. The molecular formula is C23H19FN6O2. The Labute approximate surface area is 183 Å². The molecule has 0 bridgehead atoms. The van der Waals surface area contributed by atoms with Crippen LogP contribution in [-0.2, 0) is 0 Å². The van der Waals surface area contributed by atoms with Gasteiger partial charge < -0.3 is 21.2 Å². The van der Waals surface area contributed by atoms with E-state index in [0.29, 0.717) is 34.1 Å². The topological polar surface area (TPSA) is 128 Å². The molecule has 32 heavy (non-hydrogen) atoms. The summed E-state index contributed by atoms with van der Waals surface area (Å²) in [6.45, 7) is 0. The van der Waals surface area contributed by atoms with Crippen molar-refractivity contribution in [1.82, 2.24) is 9.97 Å². The Morgan fingerprint density at radius 1 is 1.00 bits per heavy atom. The number of ether oxygens (including phenoxy) is 1. The van der Waals surface area contributed by atoms with Crippen LogP contribution in [0.15, 0.2) is 79.1 Å². The van der Waals surface area contributed by atoms with Gasteiger partial charge in [-0.3, -0.25) is 15.6 Å². The maximum Gasteiger partial charge on any atom is 0.258 e. The lowest BCUT2D eigenvalue weighted by Gasteiger charge is -2.10. The van der Waals surface area contributed by atoms with Gasteiger partial charge in [-0.25, -0.2) is 9.37 Å². The molecule has 2 aromatic carbocycles. The molecule has 8 nitrogen and oxygen atoms in total. The quantitative estimate of drug-likeness (QED) is 0.267. The fourth-order valence-electron chi connectivity index (χ4n) is 2.96. The van der Waals surface area contributed by atoms with Crippen LogP contribution in [-0.4, -0.2) is 15.9 Å². The summed E-state index contributed by atoms with van der Waals surface area (Å²) < 4.78 is 20.1. The highest BCUT2D eigenvalue weighted by atomic mass is 19.1. The minimum Gasteiger partial charge on any atom is -0.456 e. The van der Waals surface area contributed by atoms with E-state index in [-0.39, 0.29) is 11.4 Å². The molecule has 2 heterocycles. The fraction of sp³-hybridized carbons (Fsp3) is 0. The van der Waals surface area contributed by atoms with Crippen molar-refractivity contribution in [3.05, 3.63) is 90.5 Å². The van der Waals surface area contributed by atoms with Crippen molar-refractivity contribution < 1.29 is 13.9 Å². The molecular weight excluding hydrogens is 411 g/mol. The van der Waals surface area contributed by atoms with Crippen molar-refractivity contribution in [2.75, 3.05) is 16.5 Å². The van der Waals surface area contributed by atoms with Gasteiger partial charge in [-0.1, -0.05) is 0 Å². The van der Waals surface area contributed by atoms with Crippen LogP contribution in [0.4, 0.5) is 21.6 Å². The second kappa shape index (κ2) is 9.11. The molecule has 0 radical (unpaired) electrons. The van der Waals surface area contributed by atoms with Gasteiger partial charge in [0.05, 0.1) is 23.1 Å². The number of hydrogen-bond donors (Lipinski definition) is 4. The average molecular weight is 430 g/mol. The Balaban J connectivity index is 1.51. The summed E-state index contributed by atoms with van der Waals surface area (Å²) in [6, 6.07) is 17.7. The Hall–Kier alpha value is -4.50. The second-order valence-electron chi connectivity index (χ2n) is 6.74. The Kier molecular flexibility index (Phi) is 5.91. The van der Waals surface area contributed by atoms with Gasteiger partial charge in [0.15, 0.2) is 0 Å². The first kappa shape index (κ1) is 20.8. The molecule has 160 valence electrons. The molecule has 0 spiro atoms. The predicted octanol–water partition coefficient (Wildman–Crippen LogP) is 4.20. The summed E-state index contributed by atoms with van der Waals surface area (Å²) in [5.74, 6) is 5.46. The molecule has 0 aliphatic carbocycles. The summed E-state index contributed by atoms with van der Waals surface area (Å²) in [5, 5.41) is 2.68. The van der Waals surface area contributed by atoms with Crippen molar-refractivity contribution in [2.24, 2.45) is 5.84 Å². The molecule has 9 heteroatoms. The predicted molar refractivity (Wildman–Crippen MR) is 121 cm³/mol. The van der Waals surface area contributed by atoms with E-state index in [0.717, 1.165) is 0 Å². The van der Waals surface area contributed by atoms with Gasteiger partial charge >= 0.3 is 0 Å². The molecule has 0 aliphatic heterocycles. The van der Waals surface area contributed by atoms with E-state index in [2.05, 4.69) is 20.7 Å². The Bertz CT molecular complexity index is 1250. The lowest BCUT2D eigenvalue weighted by molar-refractivity contribution is 0.102. The fourth-order valence-corrected chi connectivity index (χ4v) is 2.96. The normalized spacial score (nSPS) is 10.4. The lowest BCUT2D eigenvalue weighted by Crippen LogP contribution is -2.14. The molecule has 0 aliphatic rings. The van der Waals surface area contributed by atoms with E-state index in [9.17, 15) is 9.18 Å². The standard InChI is InChI=1S/C23H19FN6O2/c24-19-8-3-14(20-9-10-21(30-26)22(25)29-20)12-18(19)23(31)28-15-4-6-16(7-5-15)32-17-2-1-11-27-13-17/h1-13,30H,26H2,(H2,25,29)(H,28,31). The number of carbonyl (C=O) groups excluding carboxylic acids is 1. The number of rotatable bonds is 6. The first-order chi connectivity index (χ1) is 15.5. The smallest absolute Gasteiger partial charge is 0.258 e. The number of pyridine rings is 2. The average Bonchev–Trinajstić information content (AvgIpc) is 2.81. The van der Waals surface area contributed by atoms with Crippen LogP contribution in [0, 0.1) is 5.82 Å². The van der Waals surface area contributed by atoms with Gasteiger partial charge in [-0.2, -0.15) is 0 Å². The van der Waals surface area contributed by atoms with Crippen molar-refractivity contribution >= 4 is 23.1 Å². The maximum absolute atomic E-state index is 14.4. The van der Waals surface area contributed by atoms with Crippen molar-refractivity contribution in [3.8, 4) is 22.8 Å². The minimum atomic E-state index is -0.656. The Morgan fingerprint density at radius 2 is 1.81 bits per heavy atom. The van der Waals surface area contributed by atoms with Gasteiger partial charge in [-0.15, -0.1) is 0 Å². The largest absolute Gasteiger partial charge is 0.456 e. The zero-order valence-corrected chi connectivity index (χ0v) is 16.7. The van der Waals surface area contributed by atoms with E-state index in [1.165, 1.54) is 18.2 Å². The van der Waals surface area contributed by atoms with Crippen LogP contribution >= 0.6 is 0 Å². The summed E-state index contributed by atoms with van der Waals surface area (Å²) >= 11 is 0. The van der Waals surface area contributed by atoms with Crippen LogP contribution in [0.2, 0.25) is 0 Å². The van der Waals surface area contributed by atoms with Crippen LogP contribution in [0.5, 0.6) is 11.5 Å². The zero-order chi connectivity index (χ0) is 22.5. The summed E-state index contributed by atoms with van der Waals surface area (Å²) in [7, 11) is 0. The van der Waals surface area contributed by atoms with Crippen LogP contribution < -0.4 is 27.1 Å². The van der Waals surface area contributed by atoms with Crippen molar-refractivity contribution in [3.63, 3.8) is 0 Å². The third-order valence-corrected chi connectivity index (χ3v) is 4.57. The van der Waals surface area contributed by atoms with Crippen LogP contribution in [0.25, 0.3) is 11.3 Å². The third kappa shape index (κ3) is 4.63. The number of hydrogen-bond acceptors (Lipinski definition) is 7.